The van der Waals surface area contributed by atoms with E-state index in [9.17, 15) is 0 Å². The van der Waals surface area contributed by atoms with E-state index < -0.39 is 0 Å². The molecule has 8 heteroatoms. The largest absolute Gasteiger partial charge is 0.324 e. The Morgan fingerprint density at radius 1 is 1.14 bits per heavy atom. The standard InChI is InChI=1S/C13H11ClN6S/c1-21-10-5-3-9(4-6-10)16-12-17-11(14)18-13(19-12)20-8-2-7-15-20/h2-8H,1H3,(H,16,17,18,19). The first-order chi connectivity index (χ1) is 10.2. The van der Waals surface area contributed by atoms with Crippen molar-refractivity contribution >= 4 is 35.0 Å². The molecular weight excluding hydrogens is 308 g/mol. The SMILES string of the molecule is CSc1ccc(Nc2nc(Cl)nc(-n3cccn3)n2)cc1. The Morgan fingerprint density at radius 2 is 1.95 bits per heavy atom. The summed E-state index contributed by atoms with van der Waals surface area (Å²) in [5, 5.41) is 7.28. The van der Waals surface area contributed by atoms with Gasteiger partial charge < -0.3 is 5.32 Å². The van der Waals surface area contributed by atoms with Crippen molar-refractivity contribution in [2.45, 2.75) is 4.90 Å². The Labute approximate surface area is 130 Å². The molecule has 0 unspecified atom stereocenters. The van der Waals surface area contributed by atoms with E-state index in [0.29, 0.717) is 11.9 Å². The maximum atomic E-state index is 5.93. The maximum absolute atomic E-state index is 5.93. The number of hydrogen-bond donors (Lipinski definition) is 1. The Morgan fingerprint density at radius 3 is 2.62 bits per heavy atom. The van der Waals surface area contributed by atoms with Gasteiger partial charge in [-0.3, -0.25) is 0 Å². The number of aromatic nitrogens is 5. The summed E-state index contributed by atoms with van der Waals surface area (Å²) in [5.74, 6) is 0.737. The summed E-state index contributed by atoms with van der Waals surface area (Å²) in [6.45, 7) is 0. The third-order valence-electron chi connectivity index (χ3n) is 2.65. The molecule has 0 saturated heterocycles. The lowest BCUT2D eigenvalue weighted by atomic mass is 10.3. The molecule has 0 spiro atoms. The van der Waals surface area contributed by atoms with Crippen LogP contribution < -0.4 is 5.32 Å². The highest BCUT2D eigenvalue weighted by atomic mass is 35.5. The molecule has 2 aromatic heterocycles. The van der Waals surface area contributed by atoms with Gasteiger partial charge in [-0.25, -0.2) is 4.68 Å². The topological polar surface area (TPSA) is 68.5 Å². The average molecular weight is 319 g/mol. The molecule has 3 rings (SSSR count). The van der Waals surface area contributed by atoms with E-state index in [-0.39, 0.29) is 5.28 Å². The summed E-state index contributed by atoms with van der Waals surface area (Å²) in [5.41, 5.74) is 0.876. The Kier molecular flexibility index (Phi) is 4.03. The minimum Gasteiger partial charge on any atom is -0.324 e. The first kappa shape index (κ1) is 13.8. The van der Waals surface area contributed by atoms with Gasteiger partial charge in [0, 0.05) is 23.0 Å². The summed E-state index contributed by atoms with van der Waals surface area (Å²) in [6.07, 6.45) is 5.42. The molecule has 0 aliphatic carbocycles. The molecule has 0 aliphatic rings. The summed E-state index contributed by atoms with van der Waals surface area (Å²) < 4.78 is 1.52. The fourth-order valence-corrected chi connectivity index (χ4v) is 2.25. The maximum Gasteiger partial charge on any atom is 0.256 e. The molecule has 0 saturated carbocycles. The highest BCUT2D eigenvalue weighted by Gasteiger charge is 2.07. The molecule has 0 amide bonds. The van der Waals surface area contributed by atoms with Crippen LogP contribution in [-0.2, 0) is 0 Å². The Hall–Kier alpha value is -2.12. The zero-order valence-corrected chi connectivity index (χ0v) is 12.6. The van der Waals surface area contributed by atoms with Crippen LogP contribution in [0.15, 0.2) is 47.6 Å². The van der Waals surface area contributed by atoms with Gasteiger partial charge in [-0.15, -0.1) is 11.8 Å². The zero-order chi connectivity index (χ0) is 14.7. The average Bonchev–Trinajstić information content (AvgIpc) is 3.02. The first-order valence-electron chi connectivity index (χ1n) is 6.07. The molecular formula is C13H11ClN6S. The number of thioether (sulfide) groups is 1. The monoisotopic (exact) mass is 318 g/mol. The van der Waals surface area contributed by atoms with Crippen LogP contribution in [0.5, 0.6) is 0 Å². The zero-order valence-electron chi connectivity index (χ0n) is 11.1. The lowest BCUT2D eigenvalue weighted by molar-refractivity contribution is 0.798. The summed E-state index contributed by atoms with van der Waals surface area (Å²) in [4.78, 5) is 13.6. The van der Waals surface area contributed by atoms with Crippen molar-refractivity contribution in [3.63, 3.8) is 0 Å². The van der Waals surface area contributed by atoms with Crippen molar-refractivity contribution in [1.82, 2.24) is 24.7 Å². The van der Waals surface area contributed by atoms with Gasteiger partial charge in [-0.05, 0) is 48.2 Å². The predicted molar refractivity (Wildman–Crippen MR) is 83.5 cm³/mol. The van der Waals surface area contributed by atoms with Gasteiger partial charge in [0.05, 0.1) is 0 Å². The quantitative estimate of drug-likeness (QED) is 0.745. The van der Waals surface area contributed by atoms with Crippen LogP contribution >= 0.6 is 23.4 Å². The third-order valence-corrected chi connectivity index (χ3v) is 3.56. The molecule has 0 radical (unpaired) electrons. The molecule has 0 aliphatic heterocycles. The second kappa shape index (κ2) is 6.11. The molecule has 21 heavy (non-hydrogen) atoms. The van der Waals surface area contributed by atoms with Crippen LogP contribution in [0.4, 0.5) is 11.6 Å². The predicted octanol–water partition coefficient (Wildman–Crippen LogP) is 3.18. The molecule has 0 fully saturated rings. The minimum atomic E-state index is 0.110. The minimum absolute atomic E-state index is 0.110. The van der Waals surface area contributed by atoms with Gasteiger partial charge in [0.25, 0.3) is 5.95 Å². The van der Waals surface area contributed by atoms with Gasteiger partial charge >= 0.3 is 0 Å². The van der Waals surface area contributed by atoms with Crippen molar-refractivity contribution in [1.29, 1.82) is 0 Å². The van der Waals surface area contributed by atoms with Gasteiger partial charge in [0.15, 0.2) is 0 Å². The molecule has 2 heterocycles. The molecule has 6 nitrogen and oxygen atoms in total. The number of anilines is 2. The van der Waals surface area contributed by atoms with E-state index in [1.807, 2.05) is 30.5 Å². The normalized spacial score (nSPS) is 10.6. The second-order valence-corrected chi connectivity index (χ2v) is 5.25. The highest BCUT2D eigenvalue weighted by Crippen LogP contribution is 2.20. The van der Waals surface area contributed by atoms with Crippen molar-refractivity contribution in [3.8, 4) is 5.95 Å². The van der Waals surface area contributed by atoms with Gasteiger partial charge in [-0.1, -0.05) is 0 Å². The first-order valence-corrected chi connectivity index (χ1v) is 7.67. The number of nitrogens with zero attached hydrogens (tertiary/aromatic N) is 5. The van der Waals surface area contributed by atoms with Crippen LogP contribution in [0.25, 0.3) is 5.95 Å². The van der Waals surface area contributed by atoms with E-state index in [4.69, 9.17) is 11.6 Å². The number of benzene rings is 1. The molecule has 0 atom stereocenters. The van der Waals surface area contributed by atoms with E-state index in [1.165, 1.54) is 9.58 Å². The van der Waals surface area contributed by atoms with Crippen LogP contribution in [0.2, 0.25) is 5.28 Å². The molecule has 1 aromatic carbocycles. The number of nitrogens with one attached hydrogen (secondary N) is 1. The van der Waals surface area contributed by atoms with Gasteiger partial charge in [0.1, 0.15) is 0 Å². The van der Waals surface area contributed by atoms with Crippen molar-refractivity contribution in [3.05, 3.63) is 48.0 Å². The van der Waals surface area contributed by atoms with Crippen molar-refractivity contribution < 1.29 is 0 Å². The molecule has 3 aromatic rings. The number of hydrogen-bond acceptors (Lipinski definition) is 6. The lowest BCUT2D eigenvalue weighted by Crippen LogP contribution is -2.06. The van der Waals surface area contributed by atoms with Crippen LogP contribution in [0.3, 0.4) is 0 Å². The third kappa shape index (κ3) is 3.32. The van der Waals surface area contributed by atoms with E-state index in [2.05, 4.69) is 25.4 Å². The summed E-state index contributed by atoms with van der Waals surface area (Å²) in [6, 6.07) is 9.73. The van der Waals surface area contributed by atoms with E-state index in [0.717, 1.165) is 5.69 Å². The van der Waals surface area contributed by atoms with Crippen LogP contribution in [-0.4, -0.2) is 31.0 Å². The van der Waals surface area contributed by atoms with Crippen molar-refractivity contribution in [2.24, 2.45) is 0 Å². The van der Waals surface area contributed by atoms with Gasteiger partial charge in [0.2, 0.25) is 11.2 Å². The molecule has 106 valence electrons. The van der Waals surface area contributed by atoms with Crippen LogP contribution in [0, 0.1) is 0 Å². The Balaban J connectivity index is 1.88. The van der Waals surface area contributed by atoms with E-state index >= 15 is 0 Å². The summed E-state index contributed by atoms with van der Waals surface area (Å²) in [7, 11) is 0. The number of rotatable bonds is 4. The number of halogens is 1. The smallest absolute Gasteiger partial charge is 0.256 e. The fourth-order valence-electron chi connectivity index (χ4n) is 1.69. The summed E-state index contributed by atoms with van der Waals surface area (Å²) >= 11 is 7.62. The molecule has 1 N–H and O–H groups in total. The van der Waals surface area contributed by atoms with Crippen LogP contribution in [0.1, 0.15) is 0 Å². The van der Waals surface area contributed by atoms with E-state index in [1.54, 1.807) is 30.2 Å². The molecule has 0 bridgehead atoms. The Bertz CT molecular complexity index is 729. The highest BCUT2D eigenvalue weighted by molar-refractivity contribution is 7.98. The lowest BCUT2D eigenvalue weighted by Gasteiger charge is -2.07. The van der Waals surface area contributed by atoms with Gasteiger partial charge in [-0.2, -0.15) is 20.1 Å². The second-order valence-electron chi connectivity index (χ2n) is 4.03. The fraction of sp³-hybridized carbons (Fsp3) is 0.0769. The van der Waals surface area contributed by atoms with Crippen molar-refractivity contribution in [2.75, 3.05) is 11.6 Å².